The third-order valence-corrected chi connectivity index (χ3v) is 3.45. The Kier molecular flexibility index (Phi) is 3.74. The molecular weight excluding hydrogens is 235 g/mol. The molecule has 0 aromatic heterocycles. The van der Waals surface area contributed by atoms with Crippen molar-refractivity contribution in [2.45, 2.75) is 19.9 Å². The van der Waals surface area contributed by atoms with Crippen molar-refractivity contribution in [3.8, 4) is 0 Å². The first-order valence-corrected chi connectivity index (χ1v) is 6.27. The zero-order valence-electron chi connectivity index (χ0n) is 9.95. The highest BCUT2D eigenvalue weighted by molar-refractivity contribution is 7.80. The lowest BCUT2D eigenvalue weighted by Gasteiger charge is -2.17. The number of nitrogens with zero attached hydrogens (tertiary/aromatic N) is 1. The van der Waals surface area contributed by atoms with Gasteiger partial charge in [-0.05, 0) is 42.6 Å². The van der Waals surface area contributed by atoms with Crippen LogP contribution in [-0.2, 0) is 6.54 Å². The fourth-order valence-electron chi connectivity index (χ4n) is 2.34. The van der Waals surface area contributed by atoms with Crippen molar-refractivity contribution in [3.05, 3.63) is 35.1 Å². The van der Waals surface area contributed by atoms with Crippen molar-refractivity contribution in [1.82, 2.24) is 4.90 Å². The molecule has 0 aliphatic carbocycles. The predicted octanol–water partition coefficient (Wildman–Crippen LogP) is 2.30. The van der Waals surface area contributed by atoms with Crippen molar-refractivity contribution in [3.63, 3.8) is 0 Å². The molecule has 1 heterocycles. The maximum atomic E-state index is 13.3. The van der Waals surface area contributed by atoms with E-state index in [9.17, 15) is 4.39 Å². The van der Waals surface area contributed by atoms with E-state index in [1.54, 1.807) is 6.07 Å². The summed E-state index contributed by atoms with van der Waals surface area (Å²) in [6.07, 6.45) is 1.21. The van der Waals surface area contributed by atoms with Gasteiger partial charge in [-0.25, -0.2) is 4.39 Å². The van der Waals surface area contributed by atoms with Gasteiger partial charge >= 0.3 is 0 Å². The monoisotopic (exact) mass is 252 g/mol. The van der Waals surface area contributed by atoms with Crippen LogP contribution in [0.2, 0.25) is 0 Å². The Labute approximate surface area is 107 Å². The summed E-state index contributed by atoms with van der Waals surface area (Å²) in [5, 5.41) is 0. The molecule has 1 unspecified atom stereocenters. The zero-order valence-corrected chi connectivity index (χ0v) is 10.8. The molecule has 1 aliphatic rings. The van der Waals surface area contributed by atoms with Gasteiger partial charge in [-0.3, -0.25) is 4.90 Å². The van der Waals surface area contributed by atoms with E-state index in [2.05, 4.69) is 11.8 Å². The van der Waals surface area contributed by atoms with Gasteiger partial charge in [0.05, 0.1) is 0 Å². The first-order chi connectivity index (χ1) is 8.06. The van der Waals surface area contributed by atoms with Crippen LogP contribution in [-0.4, -0.2) is 23.0 Å². The number of benzene rings is 1. The van der Waals surface area contributed by atoms with Crippen LogP contribution in [0, 0.1) is 11.7 Å². The average Bonchev–Trinajstić information content (AvgIpc) is 2.63. The number of thiocarbonyl (C=S) groups is 1. The number of halogens is 1. The number of hydrogen-bond donors (Lipinski definition) is 1. The Balaban J connectivity index is 2.19. The third-order valence-electron chi connectivity index (χ3n) is 3.23. The number of likely N-dealkylation sites (tertiary alicyclic amines) is 1. The van der Waals surface area contributed by atoms with E-state index >= 15 is 0 Å². The smallest absolute Gasteiger partial charge is 0.123 e. The topological polar surface area (TPSA) is 29.3 Å². The SMILES string of the molecule is CC1CCN(Cc2cc(F)ccc2C(N)=S)C1. The van der Waals surface area contributed by atoms with Crippen molar-refractivity contribution < 1.29 is 4.39 Å². The molecule has 1 aliphatic heterocycles. The van der Waals surface area contributed by atoms with Gasteiger partial charge in [0.1, 0.15) is 10.8 Å². The lowest BCUT2D eigenvalue weighted by atomic mass is 10.1. The normalized spacial score (nSPS) is 20.7. The standard InChI is InChI=1S/C13H17FN2S/c1-9-4-5-16(7-9)8-10-6-11(14)2-3-12(10)13(15)17/h2-3,6,9H,4-5,7-8H2,1H3,(H2,15,17). The lowest BCUT2D eigenvalue weighted by molar-refractivity contribution is 0.319. The van der Waals surface area contributed by atoms with Crippen molar-refractivity contribution in [2.75, 3.05) is 13.1 Å². The molecular formula is C13H17FN2S. The van der Waals surface area contributed by atoms with Crippen molar-refractivity contribution in [2.24, 2.45) is 11.7 Å². The first-order valence-electron chi connectivity index (χ1n) is 5.87. The van der Waals surface area contributed by atoms with Gasteiger partial charge in [0.2, 0.25) is 0 Å². The van der Waals surface area contributed by atoms with Crippen LogP contribution in [0.1, 0.15) is 24.5 Å². The van der Waals surface area contributed by atoms with Crippen LogP contribution in [0.25, 0.3) is 0 Å². The molecule has 0 saturated carbocycles. The minimum atomic E-state index is -0.229. The Morgan fingerprint density at radius 2 is 2.35 bits per heavy atom. The van der Waals surface area contributed by atoms with Crippen LogP contribution < -0.4 is 5.73 Å². The summed E-state index contributed by atoms with van der Waals surface area (Å²) in [7, 11) is 0. The molecule has 4 heteroatoms. The minimum absolute atomic E-state index is 0.229. The van der Waals surface area contributed by atoms with E-state index in [1.165, 1.54) is 18.6 Å². The Hall–Kier alpha value is -1.00. The van der Waals surface area contributed by atoms with E-state index < -0.39 is 0 Å². The summed E-state index contributed by atoms with van der Waals surface area (Å²) in [4.78, 5) is 2.66. The maximum Gasteiger partial charge on any atom is 0.123 e. The Morgan fingerprint density at radius 3 is 2.94 bits per heavy atom. The molecule has 0 radical (unpaired) electrons. The highest BCUT2D eigenvalue weighted by Gasteiger charge is 2.20. The second kappa shape index (κ2) is 5.10. The molecule has 1 saturated heterocycles. The van der Waals surface area contributed by atoms with Crippen LogP contribution >= 0.6 is 12.2 Å². The molecule has 92 valence electrons. The summed E-state index contributed by atoms with van der Waals surface area (Å²) >= 11 is 4.99. The van der Waals surface area contributed by atoms with Crippen LogP contribution in [0.15, 0.2) is 18.2 Å². The molecule has 0 bridgehead atoms. The maximum absolute atomic E-state index is 13.3. The van der Waals surface area contributed by atoms with Gasteiger partial charge < -0.3 is 5.73 Å². The van der Waals surface area contributed by atoms with E-state index in [-0.39, 0.29) is 5.82 Å². The molecule has 2 rings (SSSR count). The molecule has 0 amide bonds. The largest absolute Gasteiger partial charge is 0.389 e. The van der Waals surface area contributed by atoms with E-state index in [0.717, 1.165) is 36.7 Å². The summed E-state index contributed by atoms with van der Waals surface area (Å²) in [5.74, 6) is 0.490. The third kappa shape index (κ3) is 3.01. The second-order valence-corrected chi connectivity index (χ2v) is 5.23. The summed E-state index contributed by atoms with van der Waals surface area (Å²) in [6, 6.07) is 4.62. The fourth-order valence-corrected chi connectivity index (χ4v) is 2.54. The zero-order chi connectivity index (χ0) is 12.4. The van der Waals surface area contributed by atoms with Gasteiger partial charge in [0.25, 0.3) is 0 Å². The average molecular weight is 252 g/mol. The lowest BCUT2D eigenvalue weighted by Crippen LogP contribution is -2.22. The van der Waals surface area contributed by atoms with E-state index in [0.29, 0.717) is 4.99 Å². The summed E-state index contributed by atoms with van der Waals surface area (Å²) in [5.41, 5.74) is 7.34. The Morgan fingerprint density at radius 1 is 1.59 bits per heavy atom. The molecule has 17 heavy (non-hydrogen) atoms. The van der Waals surface area contributed by atoms with E-state index in [4.69, 9.17) is 18.0 Å². The van der Waals surface area contributed by atoms with E-state index in [1.807, 2.05) is 0 Å². The highest BCUT2D eigenvalue weighted by Crippen LogP contribution is 2.20. The number of hydrogen-bond acceptors (Lipinski definition) is 2. The fraction of sp³-hybridized carbons (Fsp3) is 0.462. The van der Waals surface area contributed by atoms with Gasteiger partial charge in [-0.15, -0.1) is 0 Å². The molecule has 1 fully saturated rings. The summed E-state index contributed by atoms with van der Waals surface area (Å²) < 4.78 is 13.3. The van der Waals surface area contributed by atoms with Crippen LogP contribution in [0.3, 0.4) is 0 Å². The second-order valence-electron chi connectivity index (χ2n) is 4.79. The van der Waals surface area contributed by atoms with Gasteiger partial charge in [0.15, 0.2) is 0 Å². The highest BCUT2D eigenvalue weighted by atomic mass is 32.1. The van der Waals surface area contributed by atoms with Crippen molar-refractivity contribution >= 4 is 17.2 Å². The van der Waals surface area contributed by atoms with Crippen LogP contribution in [0.5, 0.6) is 0 Å². The molecule has 2 N–H and O–H groups in total. The van der Waals surface area contributed by atoms with Gasteiger partial charge in [0, 0.05) is 18.7 Å². The predicted molar refractivity (Wildman–Crippen MR) is 71.3 cm³/mol. The molecule has 1 aromatic carbocycles. The summed E-state index contributed by atoms with van der Waals surface area (Å²) in [6.45, 7) is 5.09. The van der Waals surface area contributed by atoms with Gasteiger partial charge in [-0.2, -0.15) is 0 Å². The van der Waals surface area contributed by atoms with Gasteiger partial charge in [-0.1, -0.05) is 19.1 Å². The molecule has 1 atom stereocenters. The molecule has 1 aromatic rings. The quantitative estimate of drug-likeness (QED) is 0.837. The minimum Gasteiger partial charge on any atom is -0.389 e. The Bertz CT molecular complexity index is 433. The molecule has 2 nitrogen and oxygen atoms in total. The number of rotatable bonds is 3. The molecule has 0 spiro atoms. The number of nitrogens with two attached hydrogens (primary N) is 1. The van der Waals surface area contributed by atoms with Crippen molar-refractivity contribution in [1.29, 1.82) is 0 Å². The first kappa shape index (κ1) is 12.5. The van der Waals surface area contributed by atoms with Crippen LogP contribution in [0.4, 0.5) is 4.39 Å².